The number of thiophene rings is 1. The predicted octanol–water partition coefficient (Wildman–Crippen LogP) is 5.93. The van der Waals surface area contributed by atoms with Crippen LogP contribution in [-0.2, 0) is 16.1 Å². The van der Waals surface area contributed by atoms with E-state index in [0.29, 0.717) is 5.82 Å². The molecule has 0 unspecified atom stereocenters. The van der Waals surface area contributed by atoms with E-state index < -0.39 is 0 Å². The number of anilines is 1. The predicted molar refractivity (Wildman–Crippen MR) is 161 cm³/mol. The number of aryl methyl sites for hydroxylation is 1. The minimum atomic E-state index is -0.330. The number of pyridine rings is 1. The molecule has 2 amide bonds. The molecule has 6 rings (SSSR count). The van der Waals surface area contributed by atoms with Gasteiger partial charge >= 0.3 is 0 Å². The summed E-state index contributed by atoms with van der Waals surface area (Å²) >= 11 is 3.01. The van der Waals surface area contributed by atoms with Gasteiger partial charge in [0.2, 0.25) is 11.8 Å². The van der Waals surface area contributed by atoms with Crippen molar-refractivity contribution >= 4 is 40.7 Å². The number of carbonyl (C=O) groups is 2. The number of hydrogen-bond donors (Lipinski definition) is 1. The largest absolute Gasteiger partial charge is 0.349 e. The smallest absolute Gasteiger partial charge is 0.240 e. The molecule has 0 fully saturated rings. The van der Waals surface area contributed by atoms with Crippen LogP contribution in [0.2, 0.25) is 0 Å². The number of halogens is 1. The quantitative estimate of drug-likeness (QED) is 0.257. The normalized spacial score (nSPS) is 14.9. The van der Waals surface area contributed by atoms with Crippen LogP contribution in [0.1, 0.15) is 27.6 Å². The average Bonchev–Trinajstić information content (AvgIpc) is 3.63. The topological polar surface area (TPSA) is 80.1 Å². The van der Waals surface area contributed by atoms with Crippen molar-refractivity contribution in [1.29, 1.82) is 0 Å². The van der Waals surface area contributed by atoms with E-state index in [0.717, 1.165) is 38.6 Å². The molecule has 206 valence electrons. The van der Waals surface area contributed by atoms with Gasteiger partial charge < -0.3 is 5.32 Å². The average molecular weight is 584 g/mol. The Bertz CT molecular complexity index is 1670. The molecule has 1 aliphatic heterocycles. The van der Waals surface area contributed by atoms with E-state index >= 15 is 0 Å². The van der Waals surface area contributed by atoms with E-state index in [2.05, 4.69) is 10.3 Å². The lowest BCUT2D eigenvalue weighted by atomic mass is 10.0. The van der Waals surface area contributed by atoms with Crippen molar-refractivity contribution < 1.29 is 14.0 Å². The minimum absolute atomic E-state index is 0.141. The van der Waals surface area contributed by atoms with E-state index in [1.165, 1.54) is 28.8 Å². The molecule has 41 heavy (non-hydrogen) atoms. The highest BCUT2D eigenvalue weighted by Gasteiger charge is 2.38. The highest BCUT2D eigenvalue weighted by molar-refractivity contribution is 8.00. The lowest BCUT2D eigenvalue weighted by molar-refractivity contribution is -0.123. The van der Waals surface area contributed by atoms with Gasteiger partial charge in [0.05, 0.1) is 33.8 Å². The van der Waals surface area contributed by atoms with Crippen LogP contribution in [0.4, 0.5) is 10.2 Å². The summed E-state index contributed by atoms with van der Waals surface area (Å²) in [6.45, 7) is 2.07. The van der Waals surface area contributed by atoms with E-state index in [9.17, 15) is 14.0 Å². The fraction of sp³-hybridized carbons (Fsp3) is 0.161. The molecule has 0 radical (unpaired) electrons. The number of carbonyl (C=O) groups excluding carboxylic acids is 2. The van der Waals surface area contributed by atoms with Gasteiger partial charge in [-0.1, -0.05) is 42.0 Å². The molecule has 0 spiro atoms. The van der Waals surface area contributed by atoms with Crippen LogP contribution < -0.4 is 10.2 Å². The Kier molecular flexibility index (Phi) is 7.67. The Morgan fingerprint density at radius 1 is 1.05 bits per heavy atom. The SMILES string of the molecule is Cc1ccc(-n2nc(-c3cccs3)c3c2N(CC(=O)NCc2ccccn2)C(=O)CS[C@H]3c2ccc(F)cc2)cc1. The number of aromatic nitrogens is 3. The molecule has 5 aromatic rings. The summed E-state index contributed by atoms with van der Waals surface area (Å²) in [5, 5.41) is 9.63. The maximum atomic E-state index is 13.9. The third-order valence-corrected chi connectivity index (χ3v) is 8.92. The van der Waals surface area contributed by atoms with Gasteiger partial charge in [-0.2, -0.15) is 5.10 Å². The Morgan fingerprint density at radius 3 is 2.56 bits per heavy atom. The van der Waals surface area contributed by atoms with Crippen LogP contribution in [0.25, 0.3) is 16.3 Å². The number of hydrogen-bond acceptors (Lipinski definition) is 6. The molecule has 1 atom stereocenters. The molecule has 0 saturated heterocycles. The van der Waals surface area contributed by atoms with Crippen LogP contribution in [0.15, 0.2) is 90.4 Å². The number of nitrogens with one attached hydrogen (secondary N) is 1. The highest BCUT2D eigenvalue weighted by atomic mass is 32.2. The number of amides is 2. The second kappa shape index (κ2) is 11.7. The lowest BCUT2D eigenvalue weighted by Gasteiger charge is -2.23. The van der Waals surface area contributed by atoms with Crippen molar-refractivity contribution in [1.82, 2.24) is 20.1 Å². The molecule has 3 aromatic heterocycles. The second-order valence-corrected chi connectivity index (χ2v) is 11.7. The molecular weight excluding hydrogens is 558 g/mol. The maximum absolute atomic E-state index is 13.9. The number of nitrogens with zero attached hydrogens (tertiary/aromatic N) is 4. The van der Waals surface area contributed by atoms with Crippen molar-refractivity contribution in [2.45, 2.75) is 18.7 Å². The molecule has 7 nitrogen and oxygen atoms in total. The third kappa shape index (κ3) is 5.66. The Labute approximate surface area is 245 Å². The van der Waals surface area contributed by atoms with Gasteiger partial charge in [-0.3, -0.25) is 19.5 Å². The van der Waals surface area contributed by atoms with Gasteiger partial charge in [-0.15, -0.1) is 23.1 Å². The van der Waals surface area contributed by atoms with Crippen molar-refractivity contribution in [2.24, 2.45) is 0 Å². The monoisotopic (exact) mass is 583 g/mol. The van der Waals surface area contributed by atoms with Gasteiger partial charge in [0.25, 0.3) is 0 Å². The van der Waals surface area contributed by atoms with Crippen LogP contribution in [0, 0.1) is 12.7 Å². The van der Waals surface area contributed by atoms with Crippen molar-refractivity contribution in [3.8, 4) is 16.3 Å². The molecular formula is C31H26FN5O2S2. The summed E-state index contributed by atoms with van der Waals surface area (Å²) < 4.78 is 15.7. The van der Waals surface area contributed by atoms with Gasteiger partial charge in [0.1, 0.15) is 23.9 Å². The first kappa shape index (κ1) is 26.9. The van der Waals surface area contributed by atoms with Gasteiger partial charge in [0, 0.05) is 11.8 Å². The van der Waals surface area contributed by atoms with Gasteiger partial charge in [-0.05, 0) is 60.3 Å². The van der Waals surface area contributed by atoms with Crippen LogP contribution in [-0.4, -0.2) is 38.9 Å². The standard InChI is InChI=1S/C31H26FN5O2S2/c1-20-7-13-24(14-8-20)37-31-28(29(35-37)25-6-4-16-40-25)30(21-9-11-22(32)12-10-21)41-19-27(39)36(31)18-26(38)34-17-23-5-2-3-15-33-23/h2-16,30H,17-19H2,1H3,(H,34,38)/t30-/m0/s1. The fourth-order valence-corrected chi connectivity index (χ4v) is 6.69. The van der Waals surface area contributed by atoms with E-state index in [-0.39, 0.29) is 41.7 Å². The summed E-state index contributed by atoms with van der Waals surface area (Å²) in [6.07, 6.45) is 1.67. The first-order valence-corrected chi connectivity index (χ1v) is 15.0. The fourth-order valence-electron chi connectivity index (χ4n) is 4.77. The molecule has 0 saturated carbocycles. The molecule has 0 bridgehead atoms. The summed E-state index contributed by atoms with van der Waals surface area (Å²) in [7, 11) is 0. The van der Waals surface area contributed by atoms with Crippen LogP contribution in [0.3, 0.4) is 0 Å². The summed E-state index contributed by atoms with van der Waals surface area (Å²) in [6, 6.07) is 23.7. The minimum Gasteiger partial charge on any atom is -0.349 e. The van der Waals surface area contributed by atoms with Crippen LogP contribution >= 0.6 is 23.1 Å². The van der Waals surface area contributed by atoms with Gasteiger partial charge in [0.15, 0.2) is 0 Å². The lowest BCUT2D eigenvalue weighted by Crippen LogP contribution is -2.42. The van der Waals surface area contributed by atoms with Crippen molar-refractivity contribution in [2.75, 3.05) is 17.2 Å². The summed E-state index contributed by atoms with van der Waals surface area (Å²) in [4.78, 5) is 33.8. The molecule has 2 aromatic carbocycles. The van der Waals surface area contributed by atoms with Crippen LogP contribution in [0.5, 0.6) is 0 Å². The number of benzene rings is 2. The van der Waals surface area contributed by atoms with E-state index in [4.69, 9.17) is 5.10 Å². The molecule has 1 aliphatic rings. The maximum Gasteiger partial charge on any atom is 0.240 e. The number of rotatable bonds is 7. The molecule has 1 N–H and O–H groups in total. The van der Waals surface area contributed by atoms with Crippen molar-refractivity contribution in [3.05, 3.63) is 119 Å². The van der Waals surface area contributed by atoms with E-state index in [1.807, 2.05) is 66.9 Å². The third-order valence-electron chi connectivity index (χ3n) is 6.79. The zero-order valence-electron chi connectivity index (χ0n) is 22.2. The zero-order valence-corrected chi connectivity index (χ0v) is 23.8. The number of thioether (sulfide) groups is 1. The van der Waals surface area contributed by atoms with E-state index in [1.54, 1.807) is 34.3 Å². The second-order valence-electron chi connectivity index (χ2n) is 9.63. The molecule has 0 aliphatic carbocycles. The summed E-state index contributed by atoms with van der Waals surface area (Å²) in [5.41, 5.74) is 4.98. The first-order valence-electron chi connectivity index (χ1n) is 13.1. The number of fused-ring (bicyclic) bond motifs is 1. The molecule has 10 heteroatoms. The van der Waals surface area contributed by atoms with Gasteiger partial charge in [-0.25, -0.2) is 9.07 Å². The Balaban J connectivity index is 1.49. The zero-order chi connectivity index (χ0) is 28.3. The first-order chi connectivity index (χ1) is 20.0. The molecule has 4 heterocycles. The van der Waals surface area contributed by atoms with Crippen molar-refractivity contribution in [3.63, 3.8) is 0 Å². The summed E-state index contributed by atoms with van der Waals surface area (Å²) in [5.74, 6) is -0.171. The Hall–Kier alpha value is -4.28. The Morgan fingerprint density at radius 2 is 1.85 bits per heavy atom. The highest BCUT2D eigenvalue weighted by Crippen LogP contribution is 2.49.